The highest BCUT2D eigenvalue weighted by atomic mass is 79.9. The van der Waals surface area contributed by atoms with Crippen molar-refractivity contribution in [1.29, 1.82) is 0 Å². The van der Waals surface area contributed by atoms with Gasteiger partial charge >= 0.3 is 0 Å². The molecule has 0 aliphatic carbocycles. The number of nitrogens with zero attached hydrogens (tertiary/aromatic N) is 2. The summed E-state index contributed by atoms with van der Waals surface area (Å²) >= 11 is 3.51. The minimum Gasteiger partial charge on any atom is -0.497 e. The van der Waals surface area contributed by atoms with Crippen LogP contribution in [0.3, 0.4) is 0 Å². The quantitative estimate of drug-likeness (QED) is 0.662. The molecule has 0 saturated carbocycles. The van der Waals surface area contributed by atoms with Crippen molar-refractivity contribution in [3.8, 4) is 5.75 Å². The average Bonchev–Trinajstić information content (AvgIpc) is 2.80. The van der Waals surface area contributed by atoms with E-state index in [2.05, 4.69) is 50.0 Å². The van der Waals surface area contributed by atoms with Crippen molar-refractivity contribution in [1.82, 2.24) is 9.80 Å². The Morgan fingerprint density at radius 2 is 1.63 bits per heavy atom. The molecular formula is C24H29BrN2O3. The van der Waals surface area contributed by atoms with Crippen LogP contribution >= 0.6 is 15.9 Å². The lowest BCUT2D eigenvalue weighted by Gasteiger charge is -2.43. The van der Waals surface area contributed by atoms with Crippen LogP contribution in [-0.4, -0.2) is 62.2 Å². The number of piperazine rings is 1. The van der Waals surface area contributed by atoms with E-state index in [1.165, 1.54) is 5.56 Å². The van der Waals surface area contributed by atoms with E-state index in [4.69, 9.17) is 9.47 Å². The molecule has 4 rings (SSSR count). The molecule has 0 unspecified atom stereocenters. The molecule has 2 aromatic carbocycles. The summed E-state index contributed by atoms with van der Waals surface area (Å²) in [6, 6.07) is 16.5. The van der Waals surface area contributed by atoms with Crippen LogP contribution in [0.2, 0.25) is 0 Å². The Balaban J connectivity index is 1.42. The minimum absolute atomic E-state index is 0.261. The van der Waals surface area contributed by atoms with E-state index in [9.17, 15) is 4.79 Å². The number of hydrogen-bond acceptors (Lipinski definition) is 4. The number of hydrogen-bond donors (Lipinski definition) is 0. The van der Waals surface area contributed by atoms with Gasteiger partial charge in [0.15, 0.2) is 0 Å². The van der Waals surface area contributed by atoms with Gasteiger partial charge in [-0.15, -0.1) is 0 Å². The molecule has 2 aliphatic heterocycles. The van der Waals surface area contributed by atoms with Crippen molar-refractivity contribution in [2.45, 2.75) is 24.8 Å². The van der Waals surface area contributed by atoms with E-state index in [0.717, 1.165) is 61.4 Å². The van der Waals surface area contributed by atoms with Crippen LogP contribution in [0.1, 0.15) is 24.0 Å². The zero-order valence-corrected chi connectivity index (χ0v) is 19.1. The van der Waals surface area contributed by atoms with Gasteiger partial charge in [0.05, 0.1) is 12.5 Å². The number of methoxy groups -OCH3 is 1. The summed E-state index contributed by atoms with van der Waals surface area (Å²) in [6.45, 7) is 5.51. The van der Waals surface area contributed by atoms with Crippen molar-refractivity contribution < 1.29 is 14.3 Å². The van der Waals surface area contributed by atoms with Gasteiger partial charge in [-0.2, -0.15) is 0 Å². The van der Waals surface area contributed by atoms with Gasteiger partial charge in [0.25, 0.3) is 0 Å². The summed E-state index contributed by atoms with van der Waals surface area (Å²) in [4.78, 5) is 18.2. The summed E-state index contributed by atoms with van der Waals surface area (Å²) in [7, 11) is 1.69. The highest BCUT2D eigenvalue weighted by Gasteiger charge is 2.44. The molecule has 0 atom stereocenters. The first-order valence-electron chi connectivity index (χ1n) is 10.6. The second-order valence-electron chi connectivity index (χ2n) is 8.12. The molecule has 2 aliphatic rings. The molecule has 6 heteroatoms. The number of carbonyl (C=O) groups is 1. The smallest absolute Gasteiger partial charge is 0.233 e. The predicted octanol–water partition coefficient (Wildman–Crippen LogP) is 3.85. The zero-order chi connectivity index (χ0) is 21.0. The van der Waals surface area contributed by atoms with Gasteiger partial charge in [-0.3, -0.25) is 9.69 Å². The lowest BCUT2D eigenvalue weighted by Crippen LogP contribution is -2.55. The molecule has 5 nitrogen and oxygen atoms in total. The van der Waals surface area contributed by atoms with E-state index >= 15 is 0 Å². The number of rotatable bonds is 5. The molecule has 2 aromatic rings. The topological polar surface area (TPSA) is 42.0 Å². The van der Waals surface area contributed by atoms with Crippen LogP contribution in [-0.2, 0) is 21.5 Å². The Labute approximate surface area is 187 Å². The molecule has 2 fully saturated rings. The summed E-state index contributed by atoms with van der Waals surface area (Å²) in [5.74, 6) is 1.14. The highest BCUT2D eigenvalue weighted by Crippen LogP contribution is 2.37. The Kier molecular flexibility index (Phi) is 6.76. The van der Waals surface area contributed by atoms with Gasteiger partial charge in [0, 0.05) is 50.4 Å². The van der Waals surface area contributed by atoms with E-state index in [1.807, 2.05) is 24.3 Å². The van der Waals surface area contributed by atoms with Crippen LogP contribution in [0.25, 0.3) is 0 Å². The lowest BCUT2D eigenvalue weighted by atomic mass is 9.73. The Morgan fingerprint density at radius 3 is 2.23 bits per heavy atom. The molecule has 0 N–H and O–H groups in total. The van der Waals surface area contributed by atoms with Crippen molar-refractivity contribution >= 4 is 21.8 Å². The third-order valence-electron chi connectivity index (χ3n) is 6.38. The van der Waals surface area contributed by atoms with Gasteiger partial charge < -0.3 is 14.4 Å². The standard InChI is InChI=1S/C24H29BrN2O3/c1-29-22-8-2-19(3-9-22)18-26-12-14-27(15-13-26)23(28)24(10-16-30-17-11-24)20-4-6-21(25)7-5-20/h2-9H,10-18H2,1H3. The maximum Gasteiger partial charge on any atom is 0.233 e. The van der Waals surface area contributed by atoms with E-state index < -0.39 is 5.41 Å². The van der Waals surface area contributed by atoms with Gasteiger partial charge in [0.2, 0.25) is 5.91 Å². The summed E-state index contributed by atoms with van der Waals surface area (Å²) in [5.41, 5.74) is 1.92. The van der Waals surface area contributed by atoms with Crippen molar-refractivity contribution in [3.63, 3.8) is 0 Å². The summed E-state index contributed by atoms with van der Waals surface area (Å²) in [6.07, 6.45) is 1.50. The third kappa shape index (κ3) is 4.56. The number of carbonyl (C=O) groups excluding carboxylic acids is 1. The fourth-order valence-electron chi connectivity index (χ4n) is 4.52. The Bertz CT molecular complexity index is 840. The number of halogens is 1. The van der Waals surface area contributed by atoms with Crippen LogP contribution in [0.5, 0.6) is 5.75 Å². The maximum atomic E-state index is 13.7. The van der Waals surface area contributed by atoms with Crippen LogP contribution in [0.15, 0.2) is 53.0 Å². The van der Waals surface area contributed by atoms with E-state index in [-0.39, 0.29) is 5.91 Å². The normalized spacial score (nSPS) is 19.5. The number of amides is 1. The van der Waals surface area contributed by atoms with Crippen LogP contribution in [0.4, 0.5) is 0 Å². The largest absolute Gasteiger partial charge is 0.497 e. The molecule has 2 heterocycles. The first kappa shape index (κ1) is 21.3. The fourth-order valence-corrected chi connectivity index (χ4v) is 4.78. The number of ether oxygens (including phenoxy) is 2. The van der Waals surface area contributed by atoms with E-state index in [0.29, 0.717) is 13.2 Å². The van der Waals surface area contributed by atoms with Crippen LogP contribution in [0, 0.1) is 0 Å². The first-order chi connectivity index (χ1) is 14.6. The van der Waals surface area contributed by atoms with Crippen molar-refractivity contribution in [2.75, 3.05) is 46.5 Å². The minimum atomic E-state index is -0.461. The molecular weight excluding hydrogens is 444 g/mol. The predicted molar refractivity (Wildman–Crippen MR) is 121 cm³/mol. The van der Waals surface area contributed by atoms with Gasteiger partial charge in [-0.25, -0.2) is 0 Å². The highest BCUT2D eigenvalue weighted by molar-refractivity contribution is 9.10. The molecule has 0 spiro atoms. The Hall–Kier alpha value is -1.89. The zero-order valence-electron chi connectivity index (χ0n) is 17.5. The van der Waals surface area contributed by atoms with Crippen molar-refractivity contribution in [2.24, 2.45) is 0 Å². The van der Waals surface area contributed by atoms with E-state index in [1.54, 1.807) is 7.11 Å². The lowest BCUT2D eigenvalue weighted by molar-refractivity contribution is -0.143. The summed E-state index contributed by atoms with van der Waals surface area (Å²) < 4.78 is 11.9. The monoisotopic (exact) mass is 472 g/mol. The molecule has 0 bridgehead atoms. The summed E-state index contributed by atoms with van der Waals surface area (Å²) in [5, 5.41) is 0. The molecule has 0 radical (unpaired) electrons. The fraction of sp³-hybridized carbons (Fsp3) is 0.458. The van der Waals surface area contributed by atoms with Gasteiger partial charge in [-0.1, -0.05) is 40.2 Å². The molecule has 2 saturated heterocycles. The molecule has 0 aromatic heterocycles. The average molecular weight is 473 g/mol. The first-order valence-corrected chi connectivity index (χ1v) is 11.4. The van der Waals surface area contributed by atoms with Gasteiger partial charge in [-0.05, 0) is 48.2 Å². The molecule has 1 amide bonds. The SMILES string of the molecule is COc1ccc(CN2CCN(C(=O)C3(c4ccc(Br)cc4)CCOCC3)CC2)cc1. The van der Waals surface area contributed by atoms with Crippen molar-refractivity contribution in [3.05, 3.63) is 64.1 Å². The Morgan fingerprint density at radius 1 is 1.00 bits per heavy atom. The number of benzene rings is 2. The second kappa shape index (κ2) is 9.50. The maximum absolute atomic E-state index is 13.7. The molecule has 30 heavy (non-hydrogen) atoms. The second-order valence-corrected chi connectivity index (χ2v) is 9.03. The van der Waals surface area contributed by atoms with Gasteiger partial charge in [0.1, 0.15) is 5.75 Å². The van der Waals surface area contributed by atoms with Crippen LogP contribution < -0.4 is 4.74 Å². The third-order valence-corrected chi connectivity index (χ3v) is 6.91. The molecule has 160 valence electrons.